The summed E-state index contributed by atoms with van der Waals surface area (Å²) >= 11 is 6.91. The molecule has 0 saturated heterocycles. The van der Waals surface area contributed by atoms with Crippen LogP contribution in [0.15, 0.2) is 79.5 Å². The summed E-state index contributed by atoms with van der Waals surface area (Å²) in [5.41, 5.74) is 2.08. The smallest absolute Gasteiger partial charge is 0.282 e. The van der Waals surface area contributed by atoms with Crippen molar-refractivity contribution in [3.63, 3.8) is 0 Å². The highest BCUT2D eigenvalue weighted by Crippen LogP contribution is 2.26. The highest BCUT2D eigenvalue weighted by atomic mass is 79.9. The SMILES string of the molecule is CCc1nc2ccc(Br)cc2c(=O)n1N=Cc1ccc(OCc2ccc(F)cc2)c(Br)c1. The number of fused-ring (bicyclic) bond motifs is 1. The van der Waals surface area contributed by atoms with Crippen molar-refractivity contribution in [1.29, 1.82) is 0 Å². The molecule has 162 valence electrons. The summed E-state index contributed by atoms with van der Waals surface area (Å²) in [5.74, 6) is 0.952. The molecule has 0 aliphatic carbocycles. The highest BCUT2D eigenvalue weighted by Gasteiger charge is 2.10. The first kappa shape index (κ1) is 22.4. The van der Waals surface area contributed by atoms with Gasteiger partial charge in [0.05, 0.1) is 21.6 Å². The van der Waals surface area contributed by atoms with Gasteiger partial charge < -0.3 is 4.74 Å². The van der Waals surface area contributed by atoms with Crippen LogP contribution in [0.1, 0.15) is 23.9 Å². The average Bonchev–Trinajstić information content (AvgIpc) is 2.79. The Balaban J connectivity index is 1.57. The van der Waals surface area contributed by atoms with Crippen molar-refractivity contribution in [1.82, 2.24) is 9.66 Å². The standard InChI is InChI=1S/C24H18Br2FN3O2/c1-2-23-29-21-9-6-17(25)12-19(21)24(31)30(23)28-13-16-5-10-22(20(26)11-16)32-14-15-3-7-18(27)8-4-15/h3-13H,2,14H2,1H3. The quantitative estimate of drug-likeness (QED) is 0.269. The van der Waals surface area contributed by atoms with Crippen molar-refractivity contribution in [3.05, 3.63) is 103 Å². The molecule has 0 fully saturated rings. The van der Waals surface area contributed by atoms with E-state index in [9.17, 15) is 9.18 Å². The lowest BCUT2D eigenvalue weighted by atomic mass is 10.2. The maximum absolute atomic E-state index is 13.0. The molecule has 8 heteroatoms. The van der Waals surface area contributed by atoms with Gasteiger partial charge in [-0.3, -0.25) is 4.79 Å². The van der Waals surface area contributed by atoms with Crippen LogP contribution < -0.4 is 10.3 Å². The molecule has 4 aromatic rings. The first-order chi connectivity index (χ1) is 15.4. The normalized spacial score (nSPS) is 11.4. The molecule has 0 N–H and O–H groups in total. The van der Waals surface area contributed by atoms with Gasteiger partial charge >= 0.3 is 0 Å². The van der Waals surface area contributed by atoms with E-state index in [4.69, 9.17) is 4.74 Å². The Morgan fingerprint density at radius 2 is 1.88 bits per heavy atom. The summed E-state index contributed by atoms with van der Waals surface area (Å²) < 4.78 is 21.7. The minimum atomic E-state index is -0.279. The van der Waals surface area contributed by atoms with Gasteiger partial charge in [0, 0.05) is 10.9 Å². The lowest BCUT2D eigenvalue weighted by Gasteiger charge is -2.09. The summed E-state index contributed by atoms with van der Waals surface area (Å²) in [6, 6.07) is 17.1. The predicted octanol–water partition coefficient (Wildman–Crippen LogP) is 6.08. The number of nitrogens with zero attached hydrogens (tertiary/aromatic N) is 3. The fraction of sp³-hybridized carbons (Fsp3) is 0.125. The minimum absolute atomic E-state index is 0.220. The first-order valence-electron chi connectivity index (χ1n) is 9.87. The summed E-state index contributed by atoms with van der Waals surface area (Å²) in [6.07, 6.45) is 2.18. The van der Waals surface area contributed by atoms with Gasteiger partial charge in [-0.25, -0.2) is 9.37 Å². The zero-order valence-corrected chi connectivity index (χ0v) is 20.2. The molecule has 0 amide bonds. The topological polar surface area (TPSA) is 56.5 Å². The third kappa shape index (κ3) is 4.97. The third-order valence-electron chi connectivity index (χ3n) is 4.78. The molecule has 0 saturated carbocycles. The third-order valence-corrected chi connectivity index (χ3v) is 5.89. The van der Waals surface area contributed by atoms with Crippen molar-refractivity contribution in [2.24, 2.45) is 5.10 Å². The van der Waals surface area contributed by atoms with E-state index in [2.05, 4.69) is 41.9 Å². The van der Waals surface area contributed by atoms with Crippen LogP contribution in [0.3, 0.4) is 0 Å². The Labute approximate surface area is 200 Å². The van der Waals surface area contributed by atoms with Crippen molar-refractivity contribution in [2.45, 2.75) is 20.0 Å². The number of aryl methyl sites for hydroxylation is 1. The van der Waals surface area contributed by atoms with Gasteiger partial charge in [0.25, 0.3) is 5.56 Å². The number of ether oxygens (including phenoxy) is 1. The summed E-state index contributed by atoms with van der Waals surface area (Å²) in [6.45, 7) is 2.25. The lowest BCUT2D eigenvalue weighted by Crippen LogP contribution is -2.22. The van der Waals surface area contributed by atoms with Crippen LogP contribution >= 0.6 is 31.9 Å². The molecule has 0 unspecified atom stereocenters. The predicted molar refractivity (Wildman–Crippen MR) is 131 cm³/mol. The van der Waals surface area contributed by atoms with Crippen molar-refractivity contribution in [2.75, 3.05) is 0 Å². The van der Waals surface area contributed by atoms with Crippen LogP contribution in [0.25, 0.3) is 10.9 Å². The zero-order chi connectivity index (χ0) is 22.7. The molecule has 3 aromatic carbocycles. The van der Waals surface area contributed by atoms with Gasteiger partial charge in [-0.05, 0) is 75.6 Å². The number of hydrogen-bond acceptors (Lipinski definition) is 4. The van der Waals surface area contributed by atoms with Crippen molar-refractivity contribution < 1.29 is 9.13 Å². The lowest BCUT2D eigenvalue weighted by molar-refractivity contribution is 0.304. The van der Waals surface area contributed by atoms with Gasteiger partial charge in [0.15, 0.2) is 0 Å². The molecule has 1 heterocycles. The number of benzene rings is 3. The van der Waals surface area contributed by atoms with E-state index in [1.165, 1.54) is 16.8 Å². The number of halogens is 3. The second kappa shape index (κ2) is 9.75. The van der Waals surface area contributed by atoms with Crippen LogP contribution in [0, 0.1) is 5.82 Å². The summed E-state index contributed by atoms with van der Waals surface area (Å²) in [4.78, 5) is 17.6. The Morgan fingerprint density at radius 1 is 1.09 bits per heavy atom. The van der Waals surface area contributed by atoms with Crippen LogP contribution in [0.2, 0.25) is 0 Å². The van der Waals surface area contributed by atoms with E-state index >= 15 is 0 Å². The van der Waals surface area contributed by atoms with E-state index in [0.29, 0.717) is 35.5 Å². The second-order valence-electron chi connectivity index (χ2n) is 7.01. The molecular formula is C24H18Br2FN3O2. The van der Waals surface area contributed by atoms with E-state index in [1.54, 1.807) is 24.4 Å². The minimum Gasteiger partial charge on any atom is -0.488 e. The molecule has 0 bridgehead atoms. The largest absolute Gasteiger partial charge is 0.488 e. The van der Waals surface area contributed by atoms with Gasteiger partial charge in [0.1, 0.15) is 24.0 Å². The maximum Gasteiger partial charge on any atom is 0.282 e. The van der Waals surface area contributed by atoms with E-state index < -0.39 is 0 Å². The van der Waals surface area contributed by atoms with Crippen LogP contribution in [0.4, 0.5) is 4.39 Å². The monoisotopic (exact) mass is 557 g/mol. The van der Waals surface area contributed by atoms with Gasteiger partial charge in [-0.2, -0.15) is 9.78 Å². The molecular weight excluding hydrogens is 541 g/mol. The Morgan fingerprint density at radius 3 is 2.59 bits per heavy atom. The van der Waals surface area contributed by atoms with Crippen LogP contribution in [0.5, 0.6) is 5.75 Å². The van der Waals surface area contributed by atoms with Crippen molar-refractivity contribution in [3.8, 4) is 5.75 Å². The Kier molecular flexibility index (Phi) is 6.81. The molecule has 4 rings (SSSR count). The molecule has 0 spiro atoms. The zero-order valence-electron chi connectivity index (χ0n) is 17.1. The Hall–Kier alpha value is -2.84. The van der Waals surface area contributed by atoms with E-state index in [1.807, 2.05) is 37.3 Å². The molecule has 0 aliphatic heterocycles. The molecule has 0 radical (unpaired) electrons. The van der Waals surface area contributed by atoms with E-state index in [0.717, 1.165) is 20.1 Å². The number of rotatable bonds is 6. The van der Waals surface area contributed by atoms with E-state index in [-0.39, 0.29) is 11.4 Å². The van der Waals surface area contributed by atoms with Gasteiger partial charge in [-0.1, -0.05) is 35.0 Å². The molecule has 0 aliphatic rings. The van der Waals surface area contributed by atoms with Gasteiger partial charge in [-0.15, -0.1) is 0 Å². The van der Waals surface area contributed by atoms with Gasteiger partial charge in [0.2, 0.25) is 0 Å². The second-order valence-corrected chi connectivity index (χ2v) is 8.78. The van der Waals surface area contributed by atoms with Crippen molar-refractivity contribution >= 4 is 49.0 Å². The maximum atomic E-state index is 13.0. The Bertz CT molecular complexity index is 1370. The fourth-order valence-corrected chi connectivity index (χ4v) is 4.00. The molecule has 32 heavy (non-hydrogen) atoms. The number of aromatic nitrogens is 2. The first-order valence-corrected chi connectivity index (χ1v) is 11.5. The van der Waals surface area contributed by atoms with Crippen LogP contribution in [-0.2, 0) is 13.0 Å². The highest BCUT2D eigenvalue weighted by molar-refractivity contribution is 9.10. The average molecular weight is 559 g/mol. The number of hydrogen-bond donors (Lipinski definition) is 0. The fourth-order valence-electron chi connectivity index (χ4n) is 3.12. The molecule has 0 atom stereocenters. The molecule has 1 aromatic heterocycles. The summed E-state index contributed by atoms with van der Waals surface area (Å²) in [7, 11) is 0. The van der Waals surface area contributed by atoms with Crippen LogP contribution in [-0.4, -0.2) is 15.9 Å². The summed E-state index contributed by atoms with van der Waals surface area (Å²) in [5, 5.41) is 4.90. The molecule has 5 nitrogen and oxygen atoms in total.